The van der Waals surface area contributed by atoms with Gasteiger partial charge in [0.25, 0.3) is 5.91 Å². The first-order valence-electron chi connectivity index (χ1n) is 4.20. The summed E-state index contributed by atoms with van der Waals surface area (Å²) in [6.45, 7) is 0. The van der Waals surface area contributed by atoms with Gasteiger partial charge in [-0.3, -0.25) is 10.1 Å². The fourth-order valence-corrected chi connectivity index (χ4v) is 2.41. The Balaban J connectivity index is 2.13. The molecular formula is C9H5BrClN3OS. The highest BCUT2D eigenvalue weighted by atomic mass is 79.9. The maximum atomic E-state index is 11.7. The monoisotopic (exact) mass is 317 g/mol. The lowest BCUT2D eigenvalue weighted by Crippen LogP contribution is -2.12. The lowest BCUT2D eigenvalue weighted by Gasteiger charge is -2.00. The first kappa shape index (κ1) is 11.5. The van der Waals surface area contributed by atoms with Crippen molar-refractivity contribution >= 4 is 50.7 Å². The first-order valence-corrected chi connectivity index (χ1v) is 6.19. The molecule has 4 nitrogen and oxygen atoms in total. The number of aromatic nitrogens is 2. The van der Waals surface area contributed by atoms with Gasteiger partial charge in [-0.25, -0.2) is 9.97 Å². The van der Waals surface area contributed by atoms with Gasteiger partial charge in [0.1, 0.15) is 5.15 Å². The highest BCUT2D eigenvalue weighted by molar-refractivity contribution is 9.11. The van der Waals surface area contributed by atoms with Gasteiger partial charge >= 0.3 is 0 Å². The number of hydrogen-bond acceptors (Lipinski definition) is 4. The van der Waals surface area contributed by atoms with Crippen LogP contribution < -0.4 is 5.32 Å². The van der Waals surface area contributed by atoms with Gasteiger partial charge in [0.15, 0.2) is 0 Å². The van der Waals surface area contributed by atoms with Crippen LogP contribution in [0.4, 0.5) is 5.95 Å². The molecule has 0 bridgehead atoms. The second kappa shape index (κ2) is 4.90. The maximum absolute atomic E-state index is 11.7. The number of rotatable bonds is 2. The highest BCUT2D eigenvalue weighted by Crippen LogP contribution is 2.22. The van der Waals surface area contributed by atoms with Gasteiger partial charge in [0, 0.05) is 6.20 Å². The van der Waals surface area contributed by atoms with Gasteiger partial charge in [-0.05, 0) is 34.1 Å². The third-order valence-corrected chi connectivity index (χ3v) is 3.48. The van der Waals surface area contributed by atoms with Crippen molar-refractivity contribution in [2.75, 3.05) is 5.32 Å². The maximum Gasteiger partial charge on any atom is 0.268 e. The molecule has 2 aromatic rings. The molecule has 2 heterocycles. The summed E-state index contributed by atoms with van der Waals surface area (Å²) >= 11 is 10.3. The summed E-state index contributed by atoms with van der Waals surface area (Å²) < 4.78 is 0.893. The van der Waals surface area contributed by atoms with E-state index < -0.39 is 0 Å². The molecule has 0 saturated heterocycles. The highest BCUT2D eigenvalue weighted by Gasteiger charge is 2.10. The molecule has 82 valence electrons. The molecule has 2 rings (SSSR count). The van der Waals surface area contributed by atoms with Crippen LogP contribution in [0.1, 0.15) is 9.67 Å². The molecule has 1 amide bonds. The van der Waals surface area contributed by atoms with Crippen LogP contribution in [0.3, 0.4) is 0 Å². The van der Waals surface area contributed by atoms with Gasteiger partial charge in [0.2, 0.25) is 5.95 Å². The number of anilines is 1. The van der Waals surface area contributed by atoms with Gasteiger partial charge in [-0.15, -0.1) is 11.3 Å². The summed E-state index contributed by atoms with van der Waals surface area (Å²) in [5.74, 6) is -0.0556. The molecule has 16 heavy (non-hydrogen) atoms. The molecular weight excluding hydrogens is 314 g/mol. The summed E-state index contributed by atoms with van der Waals surface area (Å²) in [6, 6.07) is 5.06. The van der Waals surface area contributed by atoms with Crippen molar-refractivity contribution in [3.8, 4) is 0 Å². The van der Waals surface area contributed by atoms with Crippen molar-refractivity contribution in [3.05, 3.63) is 38.2 Å². The minimum Gasteiger partial charge on any atom is -0.290 e. The lowest BCUT2D eigenvalue weighted by atomic mass is 10.4. The number of nitrogens with zero attached hydrogens (tertiary/aromatic N) is 2. The largest absolute Gasteiger partial charge is 0.290 e. The van der Waals surface area contributed by atoms with Crippen LogP contribution >= 0.6 is 38.9 Å². The summed E-state index contributed by atoms with van der Waals surface area (Å²) in [5.41, 5.74) is 0. The second-order valence-electron chi connectivity index (χ2n) is 2.76. The Hall–Kier alpha value is -0.980. The Labute approximate surface area is 109 Å². The topological polar surface area (TPSA) is 54.9 Å². The molecule has 2 aromatic heterocycles. The summed E-state index contributed by atoms with van der Waals surface area (Å²) in [6.07, 6.45) is 1.48. The van der Waals surface area contributed by atoms with E-state index in [1.165, 1.54) is 17.5 Å². The second-order valence-corrected chi connectivity index (χ2v) is 5.61. The van der Waals surface area contributed by atoms with Crippen LogP contribution in [0.15, 0.2) is 28.2 Å². The Kier molecular flexibility index (Phi) is 3.52. The summed E-state index contributed by atoms with van der Waals surface area (Å²) in [5, 5.41) is 2.85. The zero-order valence-corrected chi connectivity index (χ0v) is 10.9. The third kappa shape index (κ3) is 2.78. The van der Waals surface area contributed by atoms with Crippen molar-refractivity contribution in [2.45, 2.75) is 0 Å². The molecule has 0 fully saturated rings. The standard InChI is InChI=1S/C9H5BrClN3OS/c10-6-2-1-5(16-6)8(15)14-9-12-4-3-7(11)13-9/h1-4H,(H,12,13,14,15). The number of hydrogen-bond donors (Lipinski definition) is 1. The minimum absolute atomic E-state index is 0.196. The number of halogens is 2. The fourth-order valence-electron chi connectivity index (χ4n) is 0.996. The van der Waals surface area contributed by atoms with Gasteiger partial charge in [0.05, 0.1) is 8.66 Å². The van der Waals surface area contributed by atoms with Crippen molar-refractivity contribution in [2.24, 2.45) is 0 Å². The molecule has 1 N–H and O–H groups in total. The Morgan fingerprint density at radius 1 is 1.44 bits per heavy atom. The number of carbonyl (C=O) groups is 1. The van der Waals surface area contributed by atoms with E-state index in [-0.39, 0.29) is 17.0 Å². The van der Waals surface area contributed by atoms with Crippen LogP contribution in [0.25, 0.3) is 0 Å². The first-order chi connectivity index (χ1) is 7.65. The van der Waals surface area contributed by atoms with E-state index in [2.05, 4.69) is 31.2 Å². The molecule has 0 aliphatic rings. The van der Waals surface area contributed by atoms with E-state index in [0.717, 1.165) is 3.79 Å². The van der Waals surface area contributed by atoms with Crippen molar-refractivity contribution in [1.82, 2.24) is 9.97 Å². The smallest absolute Gasteiger partial charge is 0.268 e. The molecule has 0 aromatic carbocycles. The van der Waals surface area contributed by atoms with Crippen LogP contribution in [-0.4, -0.2) is 15.9 Å². The zero-order valence-electron chi connectivity index (χ0n) is 7.78. The van der Waals surface area contributed by atoms with Crippen molar-refractivity contribution in [1.29, 1.82) is 0 Å². The normalized spacial score (nSPS) is 10.1. The van der Waals surface area contributed by atoms with Gasteiger partial charge in [-0.1, -0.05) is 11.6 Å². The number of amides is 1. The number of nitrogens with one attached hydrogen (secondary N) is 1. The molecule has 0 unspecified atom stereocenters. The molecule has 7 heteroatoms. The van der Waals surface area contributed by atoms with Crippen molar-refractivity contribution < 1.29 is 4.79 Å². The van der Waals surface area contributed by atoms with Gasteiger partial charge < -0.3 is 0 Å². The van der Waals surface area contributed by atoms with Gasteiger partial charge in [-0.2, -0.15) is 0 Å². The van der Waals surface area contributed by atoms with Crippen LogP contribution in [-0.2, 0) is 0 Å². The minimum atomic E-state index is -0.252. The molecule has 0 spiro atoms. The number of thiophene rings is 1. The summed E-state index contributed by atoms with van der Waals surface area (Å²) in [4.78, 5) is 20.0. The molecule has 0 aliphatic carbocycles. The summed E-state index contributed by atoms with van der Waals surface area (Å²) in [7, 11) is 0. The molecule has 0 aliphatic heterocycles. The van der Waals surface area contributed by atoms with Crippen LogP contribution in [0, 0.1) is 0 Å². The van der Waals surface area contributed by atoms with E-state index in [4.69, 9.17) is 11.6 Å². The van der Waals surface area contributed by atoms with E-state index >= 15 is 0 Å². The Morgan fingerprint density at radius 3 is 2.88 bits per heavy atom. The van der Waals surface area contributed by atoms with E-state index in [9.17, 15) is 4.79 Å². The molecule has 0 atom stereocenters. The van der Waals surface area contributed by atoms with E-state index in [1.807, 2.05) is 0 Å². The lowest BCUT2D eigenvalue weighted by molar-refractivity contribution is 0.102. The Bertz CT molecular complexity index is 531. The fraction of sp³-hybridized carbons (Fsp3) is 0. The quantitative estimate of drug-likeness (QED) is 0.865. The van der Waals surface area contributed by atoms with E-state index in [1.54, 1.807) is 18.2 Å². The van der Waals surface area contributed by atoms with Crippen molar-refractivity contribution in [3.63, 3.8) is 0 Å². The molecule has 0 saturated carbocycles. The predicted octanol–water partition coefficient (Wildman–Crippen LogP) is 3.21. The average molecular weight is 319 g/mol. The average Bonchev–Trinajstić information content (AvgIpc) is 2.65. The Morgan fingerprint density at radius 2 is 2.25 bits per heavy atom. The predicted molar refractivity (Wildman–Crippen MR) is 67.0 cm³/mol. The molecule has 0 radical (unpaired) electrons. The van der Waals surface area contributed by atoms with Crippen LogP contribution in [0.2, 0.25) is 5.15 Å². The van der Waals surface area contributed by atoms with Crippen LogP contribution in [0.5, 0.6) is 0 Å². The third-order valence-electron chi connectivity index (χ3n) is 1.64. The SMILES string of the molecule is O=C(Nc1nccc(Cl)n1)c1ccc(Br)s1. The zero-order chi connectivity index (χ0) is 11.5. The van der Waals surface area contributed by atoms with E-state index in [0.29, 0.717) is 4.88 Å². The number of carbonyl (C=O) groups excluding carboxylic acids is 1.